The van der Waals surface area contributed by atoms with Crippen molar-refractivity contribution in [3.05, 3.63) is 101 Å². The zero-order chi connectivity index (χ0) is 44.2. The highest BCUT2D eigenvalue weighted by atomic mass is 33.1. The first-order valence-electron chi connectivity index (χ1n) is 20.9. The highest BCUT2D eigenvalue weighted by Crippen LogP contribution is 2.32. The van der Waals surface area contributed by atoms with Crippen LogP contribution in [0.4, 0.5) is 0 Å². The minimum Gasteiger partial charge on any atom is -0.507 e. The van der Waals surface area contributed by atoms with Crippen molar-refractivity contribution in [1.29, 1.82) is 0 Å². The largest absolute Gasteiger partial charge is 0.507 e. The van der Waals surface area contributed by atoms with Gasteiger partial charge >= 0.3 is 11.9 Å². The second-order valence-electron chi connectivity index (χ2n) is 15.9. The standard InChI is InChI=1S/C45H56N6O9S2/c1-28-20-31-24-50-18-10-16-37(50)42(55)46-33(22-29-12-6-4-7-13-29)40(53)48-35(44(57)59-2)26-61-62-27-36(45(58)60-3)49-41(54)34(23-30-14-8-5-9-15-30)47-43(56)38-17-11-19-51(38)25-32(21-28)39(31)52/h4-9,12-15,20-21,33-38,52H,10-11,16-19,22-27H2,1-3H3,(H,46,55)(H,47,56)(H,48,53)(H,49,54)/t33-,34?,35?,36-,37-,38-/m0/s1. The second-order valence-corrected chi connectivity index (χ2v) is 18.5. The molecule has 2 bridgehead atoms. The maximum absolute atomic E-state index is 14.1. The predicted molar refractivity (Wildman–Crippen MR) is 237 cm³/mol. The molecule has 3 aliphatic heterocycles. The van der Waals surface area contributed by atoms with Crippen LogP contribution in [-0.4, -0.2) is 126 Å². The summed E-state index contributed by atoms with van der Waals surface area (Å²) < 4.78 is 10.1. The number of phenolic OH excluding ortho intramolecular Hbond substituents is 1. The molecule has 3 aromatic carbocycles. The Bertz CT molecular complexity index is 1920. The van der Waals surface area contributed by atoms with E-state index < -0.39 is 60.0 Å². The summed E-state index contributed by atoms with van der Waals surface area (Å²) in [6.45, 7) is 3.68. The molecule has 2 saturated heterocycles. The fraction of sp³-hybridized carbons (Fsp3) is 0.467. The summed E-state index contributed by atoms with van der Waals surface area (Å²) >= 11 is 0. The topological polar surface area (TPSA) is 196 Å². The Hall–Kier alpha value is -5.10. The summed E-state index contributed by atoms with van der Waals surface area (Å²) in [5, 5.41) is 23.3. The molecule has 3 aromatic rings. The van der Waals surface area contributed by atoms with Crippen LogP contribution in [0.3, 0.4) is 0 Å². The number of ether oxygens (including phenoxy) is 2. The molecule has 2 fully saturated rings. The molecule has 5 N–H and O–H groups in total. The van der Waals surface area contributed by atoms with Gasteiger partial charge in [-0.1, -0.05) is 99.9 Å². The first-order chi connectivity index (χ1) is 29.9. The molecule has 3 heterocycles. The predicted octanol–water partition coefficient (Wildman–Crippen LogP) is 2.80. The van der Waals surface area contributed by atoms with Gasteiger partial charge in [-0.15, -0.1) is 0 Å². The number of carbonyl (C=O) groups excluding carboxylic acids is 6. The van der Waals surface area contributed by atoms with E-state index in [1.165, 1.54) is 35.8 Å². The molecule has 0 aliphatic carbocycles. The van der Waals surface area contributed by atoms with Crippen LogP contribution in [0.15, 0.2) is 72.8 Å². The Kier molecular flexibility index (Phi) is 16.7. The Morgan fingerprint density at radius 3 is 1.44 bits per heavy atom. The van der Waals surface area contributed by atoms with Crippen LogP contribution < -0.4 is 21.3 Å². The normalized spacial score (nSPS) is 25.1. The molecule has 6 atom stereocenters. The molecule has 62 heavy (non-hydrogen) atoms. The molecule has 0 spiro atoms. The first-order valence-corrected chi connectivity index (χ1v) is 23.4. The SMILES string of the molecule is COC(=O)C1CSSC[C@@H](C(=O)OC)NC(=O)C(Cc2ccccc2)NC(=O)[C@@H]2CCCN2Cc2cc(C)cc(c2O)CN2CCC[C@H]2C(=O)N[C@@H](Cc2ccccc2)C(=O)N1. The van der Waals surface area contributed by atoms with Crippen molar-refractivity contribution in [2.75, 3.05) is 38.8 Å². The third-order valence-electron chi connectivity index (χ3n) is 11.5. The van der Waals surface area contributed by atoms with Gasteiger partial charge in [0.25, 0.3) is 0 Å². The Morgan fingerprint density at radius 1 is 0.645 bits per heavy atom. The van der Waals surface area contributed by atoms with Crippen molar-refractivity contribution in [3.8, 4) is 5.75 Å². The minimum atomic E-state index is -1.12. The van der Waals surface area contributed by atoms with E-state index in [0.717, 1.165) is 29.5 Å². The van der Waals surface area contributed by atoms with E-state index >= 15 is 0 Å². The van der Waals surface area contributed by atoms with Crippen LogP contribution in [0.2, 0.25) is 0 Å². The number of hydrogen-bond acceptors (Lipinski definition) is 13. The molecule has 2 unspecified atom stereocenters. The zero-order valence-electron chi connectivity index (χ0n) is 35.3. The summed E-state index contributed by atoms with van der Waals surface area (Å²) in [7, 11) is 4.79. The Morgan fingerprint density at radius 2 is 1.05 bits per heavy atom. The van der Waals surface area contributed by atoms with Crippen LogP contribution in [0.1, 0.15) is 53.5 Å². The van der Waals surface area contributed by atoms with Crippen molar-refractivity contribution in [2.24, 2.45) is 0 Å². The lowest BCUT2D eigenvalue weighted by atomic mass is 10.0. The van der Waals surface area contributed by atoms with E-state index in [9.17, 15) is 33.9 Å². The van der Waals surface area contributed by atoms with E-state index in [1.54, 1.807) is 0 Å². The first kappa shape index (κ1) is 46.4. The summed E-state index contributed by atoms with van der Waals surface area (Å²) in [4.78, 5) is 86.5. The van der Waals surface area contributed by atoms with Crippen molar-refractivity contribution in [1.82, 2.24) is 31.1 Å². The Balaban J connectivity index is 1.32. The molecular weight excluding hydrogens is 833 g/mol. The highest BCUT2D eigenvalue weighted by molar-refractivity contribution is 8.76. The van der Waals surface area contributed by atoms with Gasteiger partial charge in [0, 0.05) is 48.6 Å². The van der Waals surface area contributed by atoms with E-state index in [1.807, 2.05) is 89.5 Å². The number of nitrogens with one attached hydrogen (secondary N) is 4. The number of aromatic hydroxyl groups is 1. The van der Waals surface area contributed by atoms with Crippen molar-refractivity contribution in [2.45, 2.75) is 94.8 Å². The monoisotopic (exact) mass is 888 g/mol. The van der Waals surface area contributed by atoms with Crippen LogP contribution in [0.5, 0.6) is 5.75 Å². The minimum absolute atomic E-state index is 0.0277. The van der Waals surface area contributed by atoms with Gasteiger partial charge in [-0.05, 0) is 56.8 Å². The van der Waals surface area contributed by atoms with Gasteiger partial charge < -0.3 is 35.8 Å². The lowest BCUT2D eigenvalue weighted by molar-refractivity contribution is -0.145. The van der Waals surface area contributed by atoms with Crippen molar-refractivity contribution in [3.63, 3.8) is 0 Å². The lowest BCUT2D eigenvalue weighted by Gasteiger charge is -2.29. The third kappa shape index (κ3) is 12.3. The summed E-state index contributed by atoms with van der Waals surface area (Å²) in [5.41, 5.74) is 3.79. The summed E-state index contributed by atoms with van der Waals surface area (Å²) in [5.74, 6) is -3.11. The van der Waals surface area contributed by atoms with Crippen molar-refractivity contribution < 1.29 is 43.3 Å². The van der Waals surface area contributed by atoms with Gasteiger partial charge in [-0.3, -0.25) is 29.0 Å². The fourth-order valence-corrected chi connectivity index (χ4v) is 10.6. The number of methoxy groups -OCH3 is 2. The molecule has 332 valence electrons. The maximum Gasteiger partial charge on any atom is 0.329 e. The third-order valence-corrected chi connectivity index (χ3v) is 13.9. The van der Waals surface area contributed by atoms with E-state index in [4.69, 9.17) is 9.47 Å². The number of carbonyl (C=O) groups is 6. The number of fused-ring (bicyclic) bond motifs is 4. The molecule has 0 saturated carbocycles. The van der Waals surface area contributed by atoms with Gasteiger partial charge in [0.1, 0.15) is 29.9 Å². The van der Waals surface area contributed by atoms with Crippen LogP contribution in [0.25, 0.3) is 0 Å². The summed E-state index contributed by atoms with van der Waals surface area (Å²) in [6, 6.07) is 16.8. The number of nitrogens with zero attached hydrogens (tertiary/aromatic N) is 2. The van der Waals surface area contributed by atoms with Gasteiger partial charge in [-0.2, -0.15) is 0 Å². The van der Waals surface area contributed by atoms with Crippen LogP contribution >= 0.6 is 21.6 Å². The molecule has 6 rings (SSSR count). The summed E-state index contributed by atoms with van der Waals surface area (Å²) in [6.07, 6.45) is 2.87. The number of esters is 2. The van der Waals surface area contributed by atoms with E-state index in [0.29, 0.717) is 37.1 Å². The molecule has 0 radical (unpaired) electrons. The number of benzene rings is 3. The smallest absolute Gasteiger partial charge is 0.329 e. The van der Waals surface area contributed by atoms with Crippen LogP contribution in [0, 0.1) is 6.92 Å². The van der Waals surface area contributed by atoms with Crippen molar-refractivity contribution >= 4 is 57.2 Å². The quantitative estimate of drug-likeness (QED) is 0.179. The Labute approximate surface area is 370 Å². The number of hydrogen-bond donors (Lipinski definition) is 5. The number of rotatable bonds is 6. The average Bonchev–Trinajstić information content (AvgIpc) is 3.95. The number of amides is 4. The zero-order valence-corrected chi connectivity index (χ0v) is 36.9. The lowest BCUT2D eigenvalue weighted by Crippen LogP contribution is -2.56. The molecular formula is C45H56N6O9S2. The average molecular weight is 889 g/mol. The molecule has 4 amide bonds. The highest BCUT2D eigenvalue weighted by Gasteiger charge is 2.37. The van der Waals surface area contributed by atoms with E-state index in [-0.39, 0.29) is 55.0 Å². The fourth-order valence-electron chi connectivity index (χ4n) is 8.29. The maximum atomic E-state index is 14.1. The van der Waals surface area contributed by atoms with Crippen LogP contribution in [-0.2, 0) is 64.2 Å². The number of phenols is 1. The van der Waals surface area contributed by atoms with Gasteiger partial charge in [0.05, 0.1) is 26.3 Å². The second kappa shape index (κ2) is 22.3. The number of aryl methyl sites for hydroxylation is 1. The van der Waals surface area contributed by atoms with E-state index in [2.05, 4.69) is 21.3 Å². The molecule has 17 heteroatoms. The molecule has 15 nitrogen and oxygen atoms in total. The van der Waals surface area contributed by atoms with Gasteiger partial charge in [0.15, 0.2) is 0 Å². The molecule has 3 aliphatic rings. The van der Waals surface area contributed by atoms with Gasteiger partial charge in [0.2, 0.25) is 23.6 Å². The molecule has 0 aromatic heterocycles. The van der Waals surface area contributed by atoms with Gasteiger partial charge in [-0.25, -0.2) is 9.59 Å².